The van der Waals surface area contributed by atoms with Crippen molar-refractivity contribution < 1.29 is 22.7 Å². The second kappa shape index (κ2) is 11.5. The summed E-state index contributed by atoms with van der Waals surface area (Å²) in [5.41, 5.74) is 1.15. The SMILES string of the molecule is CCOC(=O)N1CCN(S(=O)(=O)c2ccc(C(=O)N(CCn3cccn3)c3nc4ccccc4s3)cc2)CC1. The lowest BCUT2D eigenvalue weighted by Crippen LogP contribution is -2.50. The van der Waals surface area contributed by atoms with E-state index < -0.39 is 16.1 Å². The van der Waals surface area contributed by atoms with E-state index in [0.29, 0.717) is 23.8 Å². The Kier molecular flexibility index (Phi) is 7.91. The summed E-state index contributed by atoms with van der Waals surface area (Å²) in [5.74, 6) is -0.284. The van der Waals surface area contributed by atoms with Crippen LogP contribution in [0.3, 0.4) is 0 Å². The van der Waals surface area contributed by atoms with Crippen molar-refractivity contribution in [2.75, 3.05) is 44.2 Å². The number of carbonyl (C=O) groups excluding carboxylic acids is 2. The van der Waals surface area contributed by atoms with Crippen molar-refractivity contribution in [2.45, 2.75) is 18.4 Å². The molecule has 0 radical (unpaired) electrons. The highest BCUT2D eigenvalue weighted by molar-refractivity contribution is 7.89. The number of hydrogen-bond acceptors (Lipinski definition) is 8. The zero-order valence-corrected chi connectivity index (χ0v) is 23.0. The van der Waals surface area contributed by atoms with Gasteiger partial charge in [-0.2, -0.15) is 9.40 Å². The Hall–Kier alpha value is -3.81. The van der Waals surface area contributed by atoms with Crippen LogP contribution in [0, 0.1) is 0 Å². The summed E-state index contributed by atoms with van der Waals surface area (Å²) < 4.78 is 35.5. The lowest BCUT2D eigenvalue weighted by molar-refractivity contribution is 0.0933. The molecule has 0 N–H and O–H groups in total. The quantitative estimate of drug-likeness (QED) is 0.320. The molecule has 5 rings (SSSR count). The van der Waals surface area contributed by atoms with Crippen LogP contribution in [0.5, 0.6) is 0 Å². The molecule has 0 bridgehead atoms. The van der Waals surface area contributed by atoms with Crippen LogP contribution in [0.4, 0.5) is 9.93 Å². The third-order valence-corrected chi connectivity index (χ3v) is 9.35. The van der Waals surface area contributed by atoms with Gasteiger partial charge in [0.2, 0.25) is 10.0 Å². The number of fused-ring (bicyclic) bond motifs is 1. The normalized spacial score (nSPS) is 14.4. The van der Waals surface area contributed by atoms with Gasteiger partial charge >= 0.3 is 6.09 Å². The number of thiazole rings is 1. The van der Waals surface area contributed by atoms with E-state index in [0.717, 1.165) is 10.2 Å². The summed E-state index contributed by atoms with van der Waals surface area (Å²) in [7, 11) is -3.79. The maximum absolute atomic E-state index is 13.7. The van der Waals surface area contributed by atoms with Crippen LogP contribution >= 0.6 is 11.3 Å². The first-order chi connectivity index (χ1) is 18.9. The molecule has 1 aliphatic rings. The molecule has 1 fully saturated rings. The molecule has 39 heavy (non-hydrogen) atoms. The topological polar surface area (TPSA) is 118 Å². The molecule has 2 aromatic heterocycles. The van der Waals surface area contributed by atoms with Gasteiger partial charge in [0.05, 0.1) is 28.3 Å². The first kappa shape index (κ1) is 26.8. The number of carbonyl (C=O) groups is 2. The Balaban J connectivity index is 1.33. The Bertz CT molecular complexity index is 1510. The van der Waals surface area contributed by atoms with Crippen LogP contribution in [-0.2, 0) is 21.3 Å². The molecule has 11 nitrogen and oxygen atoms in total. The number of nitrogens with zero attached hydrogens (tertiary/aromatic N) is 6. The van der Waals surface area contributed by atoms with Crippen LogP contribution in [-0.4, -0.2) is 83.7 Å². The van der Waals surface area contributed by atoms with Gasteiger partial charge in [-0.05, 0) is 49.4 Å². The van der Waals surface area contributed by atoms with Gasteiger partial charge in [-0.3, -0.25) is 14.4 Å². The van der Waals surface area contributed by atoms with Crippen molar-refractivity contribution in [3.63, 3.8) is 0 Å². The third kappa shape index (κ3) is 5.79. The molecule has 13 heteroatoms. The zero-order chi connectivity index (χ0) is 27.4. The van der Waals surface area contributed by atoms with Gasteiger partial charge < -0.3 is 9.64 Å². The summed E-state index contributed by atoms with van der Waals surface area (Å²) in [6.07, 6.45) is 3.06. The fourth-order valence-electron chi connectivity index (χ4n) is 4.29. The number of aromatic nitrogens is 3. The fraction of sp³-hybridized carbons (Fsp3) is 0.308. The highest BCUT2D eigenvalue weighted by atomic mass is 32.2. The zero-order valence-electron chi connectivity index (χ0n) is 21.3. The van der Waals surface area contributed by atoms with Gasteiger partial charge in [-0.25, -0.2) is 18.2 Å². The number of rotatable bonds is 8. The number of hydrogen-bond donors (Lipinski definition) is 0. The smallest absolute Gasteiger partial charge is 0.409 e. The molecule has 1 saturated heterocycles. The summed E-state index contributed by atoms with van der Waals surface area (Å²) in [6, 6.07) is 15.5. The van der Waals surface area contributed by atoms with Crippen LogP contribution in [0.1, 0.15) is 17.3 Å². The van der Waals surface area contributed by atoms with E-state index in [9.17, 15) is 18.0 Å². The lowest BCUT2D eigenvalue weighted by Gasteiger charge is -2.33. The lowest BCUT2D eigenvalue weighted by atomic mass is 10.2. The molecule has 2 amide bonds. The van der Waals surface area contributed by atoms with Gasteiger partial charge in [-0.1, -0.05) is 23.5 Å². The largest absolute Gasteiger partial charge is 0.450 e. The molecule has 0 aliphatic carbocycles. The Morgan fingerprint density at radius 3 is 2.44 bits per heavy atom. The highest BCUT2D eigenvalue weighted by Crippen LogP contribution is 2.30. The molecule has 2 aromatic carbocycles. The number of piperazine rings is 1. The van der Waals surface area contributed by atoms with E-state index in [1.54, 1.807) is 22.7 Å². The van der Waals surface area contributed by atoms with E-state index in [-0.39, 0.29) is 43.6 Å². The van der Waals surface area contributed by atoms with Crippen LogP contribution in [0.2, 0.25) is 0 Å². The molecule has 0 spiro atoms. The first-order valence-electron chi connectivity index (χ1n) is 12.5. The second-order valence-corrected chi connectivity index (χ2v) is 11.8. The molecule has 204 valence electrons. The summed E-state index contributed by atoms with van der Waals surface area (Å²) in [6.45, 7) is 3.64. The van der Waals surface area contributed by atoms with Gasteiger partial charge in [0, 0.05) is 50.7 Å². The number of benzene rings is 2. The summed E-state index contributed by atoms with van der Waals surface area (Å²) in [4.78, 5) is 33.4. The minimum absolute atomic E-state index is 0.0895. The monoisotopic (exact) mass is 568 g/mol. The number of ether oxygens (including phenoxy) is 1. The molecule has 3 heterocycles. The van der Waals surface area contributed by atoms with E-state index >= 15 is 0 Å². The van der Waals surface area contributed by atoms with E-state index in [1.807, 2.05) is 36.5 Å². The minimum atomic E-state index is -3.79. The van der Waals surface area contributed by atoms with Crippen molar-refractivity contribution in [2.24, 2.45) is 0 Å². The number of amides is 2. The maximum atomic E-state index is 13.7. The Morgan fingerprint density at radius 1 is 1.03 bits per heavy atom. The average molecular weight is 569 g/mol. The Morgan fingerprint density at radius 2 is 1.77 bits per heavy atom. The molecule has 0 unspecified atom stereocenters. The molecular formula is C26H28N6O5S2. The van der Waals surface area contributed by atoms with Crippen molar-refractivity contribution >= 4 is 48.7 Å². The highest BCUT2D eigenvalue weighted by Gasteiger charge is 2.31. The van der Waals surface area contributed by atoms with Gasteiger partial charge in [0.15, 0.2) is 5.13 Å². The Labute approximate surface area is 230 Å². The van der Waals surface area contributed by atoms with Gasteiger partial charge in [0.1, 0.15) is 0 Å². The van der Waals surface area contributed by atoms with E-state index in [4.69, 9.17) is 4.74 Å². The number of para-hydroxylation sites is 1. The van der Waals surface area contributed by atoms with E-state index in [1.165, 1.54) is 44.8 Å². The van der Waals surface area contributed by atoms with Crippen LogP contribution in [0.15, 0.2) is 71.9 Å². The fourth-order valence-corrected chi connectivity index (χ4v) is 6.71. The van der Waals surface area contributed by atoms with Gasteiger partial charge in [0.25, 0.3) is 5.91 Å². The molecule has 0 saturated carbocycles. The predicted octanol–water partition coefficient (Wildman–Crippen LogP) is 3.30. The van der Waals surface area contributed by atoms with Gasteiger partial charge in [-0.15, -0.1) is 0 Å². The van der Waals surface area contributed by atoms with Crippen LogP contribution in [0.25, 0.3) is 10.2 Å². The first-order valence-corrected chi connectivity index (χ1v) is 14.8. The second-order valence-electron chi connectivity index (χ2n) is 8.80. The number of anilines is 1. The van der Waals surface area contributed by atoms with Crippen molar-refractivity contribution in [3.8, 4) is 0 Å². The third-order valence-electron chi connectivity index (χ3n) is 6.37. The average Bonchev–Trinajstić information content (AvgIpc) is 3.63. The molecule has 4 aromatic rings. The molecule has 0 atom stereocenters. The standard InChI is InChI=1S/C26H28N6O5S2/c1-2-37-26(34)29-14-17-31(18-15-29)39(35,36)21-10-8-20(9-11-21)24(33)32(19-16-30-13-5-12-27-30)25-28-22-6-3-4-7-23(22)38-25/h3-13H,2,14-19H2,1H3. The van der Waals surface area contributed by atoms with Crippen molar-refractivity contribution in [1.82, 2.24) is 24.0 Å². The van der Waals surface area contributed by atoms with Crippen LogP contribution < -0.4 is 4.90 Å². The summed E-state index contributed by atoms with van der Waals surface area (Å²) >= 11 is 1.42. The summed E-state index contributed by atoms with van der Waals surface area (Å²) in [5, 5.41) is 4.78. The minimum Gasteiger partial charge on any atom is -0.450 e. The number of sulfonamides is 1. The predicted molar refractivity (Wildman–Crippen MR) is 147 cm³/mol. The maximum Gasteiger partial charge on any atom is 0.409 e. The molecular weight excluding hydrogens is 540 g/mol. The van der Waals surface area contributed by atoms with Crippen molar-refractivity contribution in [3.05, 3.63) is 72.6 Å². The molecule has 1 aliphatic heterocycles. The van der Waals surface area contributed by atoms with E-state index in [2.05, 4.69) is 10.1 Å². The van der Waals surface area contributed by atoms with Crippen molar-refractivity contribution in [1.29, 1.82) is 0 Å².